The summed E-state index contributed by atoms with van der Waals surface area (Å²) >= 11 is 5.25. The summed E-state index contributed by atoms with van der Waals surface area (Å²) in [7, 11) is 0.778. The predicted molar refractivity (Wildman–Crippen MR) is 27.5 cm³/mol. The van der Waals surface area contributed by atoms with Crippen LogP contribution in [0.3, 0.4) is 0 Å². The van der Waals surface area contributed by atoms with Gasteiger partial charge >= 0.3 is 0 Å². The third-order valence-corrected chi connectivity index (χ3v) is 3.61. The Hall–Kier alpha value is 0.684. The summed E-state index contributed by atoms with van der Waals surface area (Å²) in [4.78, 5) is 0. The number of rotatable bonds is 1. The highest BCUT2D eigenvalue weighted by molar-refractivity contribution is 6.93. The van der Waals surface area contributed by atoms with Gasteiger partial charge in [0.25, 0.3) is 0 Å². The zero-order valence-electron chi connectivity index (χ0n) is 2.59. The summed E-state index contributed by atoms with van der Waals surface area (Å²) in [5.74, 6) is 0. The van der Waals surface area contributed by atoms with Crippen molar-refractivity contribution in [3.05, 3.63) is 0 Å². The number of hydrogen-bond donors (Lipinski definition) is 1. The molecule has 0 spiro atoms. The van der Waals surface area contributed by atoms with Gasteiger partial charge in [0, 0.05) is 0 Å². The Kier molecular flexibility index (Phi) is 4.31. The van der Waals surface area contributed by atoms with Crippen LogP contribution < -0.4 is 4.65 Å². The topological polar surface area (TPSA) is 12.0 Å². The van der Waals surface area contributed by atoms with Crippen LogP contribution in [-0.2, 0) is 0 Å². The highest BCUT2D eigenvalue weighted by Crippen LogP contribution is 1.48. The van der Waals surface area contributed by atoms with E-state index < -0.39 is 0 Å². The molecule has 0 unspecified atom stereocenters. The first-order valence-corrected chi connectivity index (χ1v) is 4.97. The minimum Gasteiger partial charge on any atom is -0.360 e. The Morgan fingerprint density at radius 1 is 2.00 bits per heavy atom. The van der Waals surface area contributed by atoms with Crippen molar-refractivity contribution in [3.8, 4) is 0 Å². The minimum absolute atomic E-state index is 0.292. The van der Waals surface area contributed by atoms with Crippen molar-refractivity contribution in [1.29, 1.82) is 0 Å². The molecule has 26 valence electrons. The molecule has 0 radical (unpaired) electrons. The molecule has 0 atom stereocenters. The lowest BCUT2D eigenvalue weighted by atomic mass is 13.9. The van der Waals surface area contributed by atoms with Gasteiger partial charge in [0.2, 0.25) is 0 Å². The molecule has 0 aliphatic carbocycles. The van der Waals surface area contributed by atoms with Crippen LogP contribution in [0.15, 0.2) is 0 Å². The summed E-state index contributed by atoms with van der Waals surface area (Å²) in [5, 5.41) is 0. The lowest BCUT2D eigenvalue weighted by Gasteiger charge is -1.71. The Morgan fingerprint density at radius 2 is 2.25 bits per heavy atom. The molecule has 0 rings (SSSR count). The molecule has 0 amide bonds. The molecule has 0 fully saturated rings. The molecule has 4 heteroatoms. The Bertz CT molecular complexity index is 8.00. The molecule has 0 aromatic heterocycles. The van der Waals surface area contributed by atoms with Gasteiger partial charge in [0.15, 0.2) is 8.99 Å². The zero-order valence-corrected chi connectivity index (χ0v) is 6.76. The van der Waals surface area contributed by atoms with Gasteiger partial charge in [-0.05, 0) is 0 Å². The van der Waals surface area contributed by atoms with Crippen molar-refractivity contribution in [3.63, 3.8) is 0 Å². The summed E-state index contributed by atoms with van der Waals surface area (Å²) in [6, 6.07) is 0. The van der Waals surface area contributed by atoms with Crippen molar-refractivity contribution in [2.75, 3.05) is 0 Å². The van der Waals surface area contributed by atoms with E-state index in [1.54, 1.807) is 0 Å². The SMILES string of the molecule is [SiH3]N[SiH2]Cl. The first kappa shape index (κ1) is 4.68. The Morgan fingerprint density at radius 3 is 2.25 bits per heavy atom. The van der Waals surface area contributed by atoms with E-state index >= 15 is 0 Å². The van der Waals surface area contributed by atoms with E-state index in [0.29, 0.717) is 0 Å². The van der Waals surface area contributed by atoms with Crippen LogP contribution in [0.1, 0.15) is 0 Å². The molecule has 1 nitrogen and oxygen atoms in total. The highest BCUT2D eigenvalue weighted by Gasteiger charge is 1.57. The molecule has 0 heterocycles. The van der Waals surface area contributed by atoms with Gasteiger partial charge in [0.05, 0.1) is 10.4 Å². The molecule has 0 bridgehead atoms. The van der Waals surface area contributed by atoms with E-state index in [1.807, 2.05) is 0 Å². The van der Waals surface area contributed by atoms with Crippen LogP contribution in [0.4, 0.5) is 0 Å². The molecular weight excluding hydrogens is 106 g/mol. The Labute approximate surface area is 35.8 Å². The van der Waals surface area contributed by atoms with Gasteiger partial charge in [0.1, 0.15) is 0 Å². The summed E-state index contributed by atoms with van der Waals surface area (Å²) in [6.45, 7) is 0. The van der Waals surface area contributed by atoms with Crippen molar-refractivity contribution < 1.29 is 0 Å². The fourth-order valence-corrected chi connectivity index (χ4v) is 0. The monoisotopic (exact) mass is 111 g/mol. The first-order chi connectivity index (χ1) is 1.91. The molecule has 0 aromatic carbocycles. The minimum atomic E-state index is -0.292. The number of hydrogen-bond acceptors (Lipinski definition) is 1. The van der Waals surface area contributed by atoms with Crippen molar-refractivity contribution in [1.82, 2.24) is 4.65 Å². The average Bonchev–Trinajstić information content (AvgIpc) is 1.37. The van der Waals surface area contributed by atoms with E-state index in [2.05, 4.69) is 4.65 Å². The fraction of sp³-hybridized carbons (Fsp3) is 0. The molecule has 0 aromatic rings. The van der Waals surface area contributed by atoms with Crippen molar-refractivity contribution in [2.24, 2.45) is 0 Å². The highest BCUT2D eigenvalue weighted by atomic mass is 35.6. The second kappa shape index (κ2) is 3.68. The summed E-state index contributed by atoms with van der Waals surface area (Å²) in [6.07, 6.45) is 0. The quantitative estimate of drug-likeness (QED) is 0.308. The second-order valence-electron chi connectivity index (χ2n) is 0.487. The third-order valence-electron chi connectivity index (χ3n) is 0.134. The maximum Gasteiger partial charge on any atom is 0.188 e. The molecule has 0 aliphatic rings. The average molecular weight is 112 g/mol. The second-order valence-corrected chi connectivity index (χ2v) is 4.38. The fourth-order valence-electron chi connectivity index (χ4n) is 0. The molecule has 1 N–H and O–H groups in total. The molecular formula is H6ClNSi2. The molecule has 0 saturated heterocycles. The lowest BCUT2D eigenvalue weighted by Crippen LogP contribution is -2.06. The van der Waals surface area contributed by atoms with Crippen molar-refractivity contribution in [2.45, 2.75) is 0 Å². The van der Waals surface area contributed by atoms with E-state index in [1.165, 1.54) is 0 Å². The third kappa shape index (κ3) is 2.68. The summed E-state index contributed by atoms with van der Waals surface area (Å²) in [5.41, 5.74) is 0. The zero-order chi connectivity index (χ0) is 3.41. The number of halogens is 1. The van der Waals surface area contributed by atoms with E-state index in [9.17, 15) is 0 Å². The van der Waals surface area contributed by atoms with Gasteiger partial charge in [-0.15, -0.1) is 0 Å². The van der Waals surface area contributed by atoms with Gasteiger partial charge in [-0.1, -0.05) is 0 Å². The van der Waals surface area contributed by atoms with Gasteiger partial charge in [-0.3, -0.25) is 0 Å². The van der Waals surface area contributed by atoms with Gasteiger partial charge in [-0.25, -0.2) is 0 Å². The number of nitrogens with one attached hydrogen (secondary N) is 1. The van der Waals surface area contributed by atoms with E-state index in [4.69, 9.17) is 11.1 Å². The maximum atomic E-state index is 5.25. The predicted octanol–water partition coefficient (Wildman–Crippen LogP) is -1.91. The van der Waals surface area contributed by atoms with Crippen LogP contribution in [0, 0.1) is 0 Å². The van der Waals surface area contributed by atoms with Crippen LogP contribution >= 0.6 is 11.1 Å². The largest absolute Gasteiger partial charge is 0.360 e. The lowest BCUT2D eigenvalue weighted by molar-refractivity contribution is 1.67. The smallest absolute Gasteiger partial charge is 0.188 e. The van der Waals surface area contributed by atoms with Gasteiger partial charge < -0.3 is 4.65 Å². The molecule has 4 heavy (non-hydrogen) atoms. The van der Waals surface area contributed by atoms with Crippen LogP contribution in [0.25, 0.3) is 0 Å². The van der Waals surface area contributed by atoms with Crippen LogP contribution in [-0.4, -0.2) is 19.4 Å². The normalized spacial score (nSPS) is 11.2. The van der Waals surface area contributed by atoms with Gasteiger partial charge in [-0.2, -0.15) is 11.1 Å². The van der Waals surface area contributed by atoms with Crippen LogP contribution in [0.2, 0.25) is 0 Å². The Balaban J connectivity index is 1.97. The summed E-state index contributed by atoms with van der Waals surface area (Å²) < 4.78 is 2.97. The van der Waals surface area contributed by atoms with Crippen LogP contribution in [0.5, 0.6) is 0 Å². The van der Waals surface area contributed by atoms with E-state index in [-0.39, 0.29) is 8.99 Å². The molecule has 0 saturated carbocycles. The molecule has 0 aliphatic heterocycles. The standard InChI is InChI=1S/ClH6NSi2/c1-4-2-3/h2H,4H2,3H3. The van der Waals surface area contributed by atoms with E-state index in [0.717, 1.165) is 10.4 Å². The first-order valence-electron chi connectivity index (χ1n) is 1.12. The van der Waals surface area contributed by atoms with Crippen molar-refractivity contribution >= 4 is 30.5 Å². The maximum absolute atomic E-state index is 5.25.